The Morgan fingerprint density at radius 3 is 2.15 bits per heavy atom. The van der Waals surface area contributed by atoms with Crippen molar-refractivity contribution in [3.63, 3.8) is 0 Å². The molecule has 2 radical (unpaired) electrons. The zero-order chi connectivity index (χ0) is 9.10. The summed E-state index contributed by atoms with van der Waals surface area (Å²) in [5.41, 5.74) is 1.30. The molecule has 1 aromatic rings. The van der Waals surface area contributed by atoms with Crippen LogP contribution < -0.4 is 4.90 Å². The van der Waals surface area contributed by atoms with Gasteiger partial charge in [0.2, 0.25) is 0 Å². The fraction of sp³-hybridized carbons (Fsp3) is 0.400. The van der Waals surface area contributed by atoms with Crippen LogP contribution in [0.15, 0.2) is 30.3 Å². The fourth-order valence-electron chi connectivity index (χ4n) is 1.62. The molecule has 3 heteroatoms. The van der Waals surface area contributed by atoms with Crippen LogP contribution in [0.2, 0.25) is 0 Å². The van der Waals surface area contributed by atoms with Gasteiger partial charge in [-0.2, -0.15) is 0 Å². The minimum absolute atomic E-state index is 0.953. The number of nitrogens with zero attached hydrogens (tertiary/aromatic N) is 2. The maximum absolute atomic E-state index is 5.68. The summed E-state index contributed by atoms with van der Waals surface area (Å²) in [7, 11) is 5.68. The van der Waals surface area contributed by atoms with E-state index < -0.39 is 0 Å². The highest BCUT2D eigenvalue weighted by atomic mass is 15.2. The van der Waals surface area contributed by atoms with E-state index in [0.29, 0.717) is 0 Å². The number of hydrogen-bond donors (Lipinski definition) is 0. The van der Waals surface area contributed by atoms with E-state index in [1.807, 2.05) is 10.9 Å². The Balaban J connectivity index is 2.03. The van der Waals surface area contributed by atoms with Crippen molar-refractivity contribution in [3.05, 3.63) is 30.3 Å². The molecule has 2 rings (SSSR count). The predicted molar refractivity (Wildman–Crippen MR) is 56.0 cm³/mol. The number of benzene rings is 1. The predicted octanol–water partition coefficient (Wildman–Crippen LogP) is 0.892. The average molecular weight is 172 g/mol. The first-order valence-electron chi connectivity index (χ1n) is 4.66. The van der Waals surface area contributed by atoms with Crippen molar-refractivity contribution in [1.29, 1.82) is 0 Å². The van der Waals surface area contributed by atoms with Crippen LogP contribution in [0.1, 0.15) is 0 Å². The van der Waals surface area contributed by atoms with Crippen LogP contribution in [0.25, 0.3) is 0 Å². The van der Waals surface area contributed by atoms with Gasteiger partial charge in [-0.3, -0.25) is 0 Å². The standard InChI is InChI=1S/C10H13BN2/c11-13-8-6-12(7-9-13)10-4-2-1-3-5-10/h1-5H,6-9H2. The highest BCUT2D eigenvalue weighted by molar-refractivity contribution is 6.04. The highest BCUT2D eigenvalue weighted by Crippen LogP contribution is 2.14. The summed E-state index contributed by atoms with van der Waals surface area (Å²) in [5, 5.41) is 0. The first kappa shape index (κ1) is 8.63. The van der Waals surface area contributed by atoms with Crippen LogP contribution >= 0.6 is 0 Å². The van der Waals surface area contributed by atoms with Crippen molar-refractivity contribution in [3.8, 4) is 0 Å². The molecule has 0 atom stereocenters. The van der Waals surface area contributed by atoms with Crippen molar-refractivity contribution in [2.75, 3.05) is 31.1 Å². The molecule has 1 aliphatic rings. The van der Waals surface area contributed by atoms with Gasteiger partial charge in [0.1, 0.15) is 0 Å². The topological polar surface area (TPSA) is 6.48 Å². The molecular weight excluding hydrogens is 159 g/mol. The summed E-state index contributed by atoms with van der Waals surface area (Å²) in [6.45, 7) is 3.96. The smallest absolute Gasteiger partial charge is 0.182 e. The monoisotopic (exact) mass is 172 g/mol. The van der Waals surface area contributed by atoms with Crippen LogP contribution in [0.5, 0.6) is 0 Å². The van der Waals surface area contributed by atoms with Gasteiger partial charge in [0.05, 0.1) is 0 Å². The van der Waals surface area contributed by atoms with E-state index in [1.165, 1.54) is 5.69 Å². The molecule has 0 bridgehead atoms. The Morgan fingerprint density at radius 1 is 0.923 bits per heavy atom. The molecular formula is C10H13BN2. The summed E-state index contributed by atoms with van der Waals surface area (Å²) in [4.78, 5) is 4.24. The van der Waals surface area contributed by atoms with Gasteiger partial charge in [-0.15, -0.1) is 0 Å². The Hall–Kier alpha value is -0.955. The fourth-order valence-corrected chi connectivity index (χ4v) is 1.62. The van der Waals surface area contributed by atoms with Gasteiger partial charge >= 0.3 is 0 Å². The van der Waals surface area contributed by atoms with Crippen molar-refractivity contribution >= 4 is 13.7 Å². The van der Waals surface area contributed by atoms with Crippen LogP contribution in [-0.2, 0) is 0 Å². The molecule has 2 nitrogen and oxygen atoms in total. The molecule has 13 heavy (non-hydrogen) atoms. The van der Waals surface area contributed by atoms with Gasteiger partial charge in [-0.25, -0.2) is 0 Å². The maximum atomic E-state index is 5.68. The van der Waals surface area contributed by atoms with Crippen molar-refractivity contribution in [2.45, 2.75) is 0 Å². The Kier molecular flexibility index (Phi) is 2.55. The molecule has 0 aliphatic carbocycles. The molecule has 0 unspecified atom stereocenters. The zero-order valence-corrected chi connectivity index (χ0v) is 7.69. The normalized spacial score (nSPS) is 18.9. The molecule has 1 aromatic carbocycles. The van der Waals surface area contributed by atoms with Gasteiger partial charge in [0, 0.05) is 31.9 Å². The molecule has 1 saturated heterocycles. The number of piperazine rings is 1. The first-order chi connectivity index (χ1) is 6.36. The average Bonchev–Trinajstić information content (AvgIpc) is 2.20. The second-order valence-electron chi connectivity index (χ2n) is 3.36. The summed E-state index contributed by atoms with van der Waals surface area (Å²) in [5.74, 6) is 0. The van der Waals surface area contributed by atoms with Crippen LogP contribution in [0.4, 0.5) is 5.69 Å². The Morgan fingerprint density at radius 2 is 1.54 bits per heavy atom. The zero-order valence-electron chi connectivity index (χ0n) is 7.69. The molecule has 0 spiro atoms. The highest BCUT2D eigenvalue weighted by Gasteiger charge is 2.12. The quantitative estimate of drug-likeness (QED) is 0.580. The number of anilines is 1. The molecule has 0 saturated carbocycles. The molecule has 1 heterocycles. The second kappa shape index (κ2) is 3.84. The van der Waals surface area contributed by atoms with E-state index >= 15 is 0 Å². The Bertz CT molecular complexity index is 255. The van der Waals surface area contributed by atoms with Crippen molar-refractivity contribution in [2.24, 2.45) is 0 Å². The Labute approximate surface area is 80.6 Å². The van der Waals surface area contributed by atoms with Crippen molar-refractivity contribution in [1.82, 2.24) is 4.81 Å². The summed E-state index contributed by atoms with van der Waals surface area (Å²) in [6, 6.07) is 10.5. The van der Waals surface area contributed by atoms with E-state index in [-0.39, 0.29) is 0 Å². The number of rotatable bonds is 1. The van der Waals surface area contributed by atoms with Gasteiger partial charge in [-0.05, 0) is 12.1 Å². The van der Waals surface area contributed by atoms with E-state index in [1.54, 1.807) is 0 Å². The van der Waals surface area contributed by atoms with Gasteiger partial charge < -0.3 is 9.71 Å². The number of hydrogen-bond acceptors (Lipinski definition) is 2. The minimum atomic E-state index is 0.953. The summed E-state index contributed by atoms with van der Waals surface area (Å²) >= 11 is 0. The third-order valence-corrected chi connectivity index (χ3v) is 2.44. The molecule has 0 N–H and O–H groups in total. The van der Waals surface area contributed by atoms with E-state index in [0.717, 1.165) is 26.2 Å². The molecule has 1 fully saturated rings. The third kappa shape index (κ3) is 2.04. The molecule has 66 valence electrons. The van der Waals surface area contributed by atoms with Gasteiger partial charge in [0.15, 0.2) is 7.98 Å². The minimum Gasteiger partial charge on any atom is -0.369 e. The van der Waals surface area contributed by atoms with Gasteiger partial charge in [-0.1, -0.05) is 18.2 Å². The number of para-hydroxylation sites is 1. The summed E-state index contributed by atoms with van der Waals surface area (Å²) in [6.07, 6.45) is 0. The van der Waals surface area contributed by atoms with E-state index in [9.17, 15) is 0 Å². The van der Waals surface area contributed by atoms with Crippen LogP contribution in [0.3, 0.4) is 0 Å². The maximum Gasteiger partial charge on any atom is 0.182 e. The van der Waals surface area contributed by atoms with Gasteiger partial charge in [0.25, 0.3) is 0 Å². The van der Waals surface area contributed by atoms with E-state index in [2.05, 4.69) is 29.2 Å². The van der Waals surface area contributed by atoms with Crippen LogP contribution in [-0.4, -0.2) is 39.0 Å². The summed E-state index contributed by atoms with van der Waals surface area (Å²) < 4.78 is 0. The third-order valence-electron chi connectivity index (χ3n) is 2.44. The lowest BCUT2D eigenvalue weighted by Crippen LogP contribution is -2.45. The SMILES string of the molecule is [B]N1CCN(c2ccccc2)CC1. The lowest BCUT2D eigenvalue weighted by molar-refractivity contribution is 0.415. The lowest BCUT2D eigenvalue weighted by Gasteiger charge is -2.34. The first-order valence-corrected chi connectivity index (χ1v) is 4.66. The molecule has 1 aliphatic heterocycles. The molecule has 0 aromatic heterocycles. The van der Waals surface area contributed by atoms with E-state index in [4.69, 9.17) is 7.98 Å². The largest absolute Gasteiger partial charge is 0.369 e. The lowest BCUT2D eigenvalue weighted by atomic mass is 10.2. The van der Waals surface area contributed by atoms with Crippen molar-refractivity contribution < 1.29 is 0 Å². The van der Waals surface area contributed by atoms with Crippen LogP contribution in [0, 0.1) is 0 Å². The second-order valence-corrected chi connectivity index (χ2v) is 3.36. The molecule has 0 amide bonds.